The lowest BCUT2D eigenvalue weighted by molar-refractivity contribution is -0.0440. The zero-order valence-electron chi connectivity index (χ0n) is 12.4. The van der Waals surface area contributed by atoms with Crippen LogP contribution in [0.25, 0.3) is 0 Å². The average Bonchev–Trinajstić information content (AvgIpc) is 2.32. The highest BCUT2D eigenvalue weighted by Gasteiger charge is 2.33. The number of nitrogens with two attached hydrogens (primary N) is 1. The Morgan fingerprint density at radius 3 is 2.30 bits per heavy atom. The number of hydrogen-bond donors (Lipinski definition) is 1. The van der Waals surface area contributed by atoms with E-state index in [2.05, 4.69) is 0 Å². The van der Waals surface area contributed by atoms with Gasteiger partial charge in [0.05, 0.1) is 17.1 Å². The highest BCUT2D eigenvalue weighted by molar-refractivity contribution is 7.89. The van der Waals surface area contributed by atoms with E-state index in [4.69, 9.17) is 10.5 Å². The molecule has 5 nitrogen and oxygen atoms in total. The lowest BCUT2D eigenvalue weighted by Gasteiger charge is -2.34. The molecule has 1 saturated heterocycles. The molecule has 1 fully saturated rings. The summed E-state index contributed by atoms with van der Waals surface area (Å²) in [6.45, 7) is 8.11. The molecule has 0 aromatic heterocycles. The molecule has 1 heterocycles. The Kier molecular flexibility index (Phi) is 4.09. The van der Waals surface area contributed by atoms with E-state index in [0.29, 0.717) is 29.2 Å². The third kappa shape index (κ3) is 2.82. The topological polar surface area (TPSA) is 72.6 Å². The predicted molar refractivity (Wildman–Crippen MR) is 79.1 cm³/mol. The molecule has 20 heavy (non-hydrogen) atoms. The van der Waals surface area contributed by atoms with Gasteiger partial charge in [-0.2, -0.15) is 4.31 Å². The zero-order chi connectivity index (χ0) is 15.1. The maximum absolute atomic E-state index is 12.8. The minimum atomic E-state index is -3.53. The Labute approximate surface area is 120 Å². The maximum atomic E-state index is 12.8. The normalized spacial score (nSPS) is 24.8. The van der Waals surface area contributed by atoms with Crippen LogP contribution in [-0.2, 0) is 14.8 Å². The van der Waals surface area contributed by atoms with Gasteiger partial charge in [-0.25, -0.2) is 8.42 Å². The standard InChI is InChI=1S/C14H22N2O3S/c1-9-5-13(15)12(4)14(6-9)20(17,18)16-7-10(2)19-11(3)8-16/h5-6,10-11H,7-8,15H2,1-4H3. The molecular weight excluding hydrogens is 276 g/mol. The average molecular weight is 298 g/mol. The van der Waals surface area contributed by atoms with E-state index < -0.39 is 10.0 Å². The Bertz CT molecular complexity index is 603. The maximum Gasteiger partial charge on any atom is 0.243 e. The Hall–Kier alpha value is -1.11. The minimum Gasteiger partial charge on any atom is -0.398 e. The van der Waals surface area contributed by atoms with Crippen molar-refractivity contribution in [2.75, 3.05) is 18.8 Å². The molecule has 2 atom stereocenters. The van der Waals surface area contributed by atoms with E-state index in [-0.39, 0.29) is 12.2 Å². The number of ether oxygens (including phenoxy) is 1. The number of morpholine rings is 1. The van der Waals surface area contributed by atoms with Crippen molar-refractivity contribution in [3.05, 3.63) is 23.3 Å². The summed E-state index contributed by atoms with van der Waals surface area (Å²) in [6.07, 6.45) is -0.202. The van der Waals surface area contributed by atoms with Crippen LogP contribution in [0.2, 0.25) is 0 Å². The van der Waals surface area contributed by atoms with Crippen LogP contribution < -0.4 is 5.73 Å². The summed E-state index contributed by atoms with van der Waals surface area (Å²) in [5.41, 5.74) is 7.87. The first-order valence-electron chi connectivity index (χ1n) is 6.74. The third-order valence-electron chi connectivity index (χ3n) is 3.55. The van der Waals surface area contributed by atoms with Crippen molar-refractivity contribution >= 4 is 15.7 Å². The van der Waals surface area contributed by atoms with Crippen molar-refractivity contribution in [2.24, 2.45) is 0 Å². The van der Waals surface area contributed by atoms with Crippen LogP contribution in [0.15, 0.2) is 17.0 Å². The smallest absolute Gasteiger partial charge is 0.243 e. The SMILES string of the molecule is Cc1cc(N)c(C)c(S(=O)(=O)N2CC(C)OC(C)C2)c1. The number of anilines is 1. The van der Waals surface area contributed by atoms with Crippen LogP contribution in [0.3, 0.4) is 0 Å². The van der Waals surface area contributed by atoms with Gasteiger partial charge in [-0.15, -0.1) is 0 Å². The molecule has 2 rings (SSSR count). The van der Waals surface area contributed by atoms with E-state index in [0.717, 1.165) is 5.56 Å². The highest BCUT2D eigenvalue weighted by atomic mass is 32.2. The number of nitrogen functional groups attached to an aromatic ring is 1. The van der Waals surface area contributed by atoms with Gasteiger partial charge in [-0.3, -0.25) is 0 Å². The van der Waals surface area contributed by atoms with Gasteiger partial charge < -0.3 is 10.5 Å². The van der Waals surface area contributed by atoms with E-state index in [9.17, 15) is 8.42 Å². The monoisotopic (exact) mass is 298 g/mol. The first-order valence-corrected chi connectivity index (χ1v) is 8.18. The summed E-state index contributed by atoms with van der Waals surface area (Å²) in [4.78, 5) is 0.302. The fraction of sp³-hybridized carbons (Fsp3) is 0.571. The lowest BCUT2D eigenvalue weighted by atomic mass is 10.1. The molecule has 0 spiro atoms. The van der Waals surface area contributed by atoms with Gasteiger partial charge in [0.1, 0.15) is 0 Å². The molecule has 1 aromatic rings. The van der Waals surface area contributed by atoms with Gasteiger partial charge in [0.15, 0.2) is 0 Å². The number of nitrogens with zero attached hydrogens (tertiary/aromatic N) is 1. The summed E-state index contributed by atoms with van der Waals surface area (Å²) < 4.78 is 32.7. The molecule has 1 aliphatic rings. The van der Waals surface area contributed by atoms with Crippen molar-refractivity contribution in [3.8, 4) is 0 Å². The van der Waals surface area contributed by atoms with E-state index in [1.807, 2.05) is 20.8 Å². The van der Waals surface area contributed by atoms with Gasteiger partial charge in [-0.05, 0) is 51.0 Å². The Morgan fingerprint density at radius 2 is 1.75 bits per heavy atom. The van der Waals surface area contributed by atoms with Crippen molar-refractivity contribution in [1.82, 2.24) is 4.31 Å². The highest BCUT2D eigenvalue weighted by Crippen LogP contribution is 2.27. The number of rotatable bonds is 2. The van der Waals surface area contributed by atoms with Crippen molar-refractivity contribution in [3.63, 3.8) is 0 Å². The summed E-state index contributed by atoms with van der Waals surface area (Å²) >= 11 is 0. The summed E-state index contributed by atoms with van der Waals surface area (Å²) in [5.74, 6) is 0. The summed E-state index contributed by atoms with van der Waals surface area (Å²) in [6, 6.07) is 3.48. The van der Waals surface area contributed by atoms with Crippen LogP contribution in [0.5, 0.6) is 0 Å². The summed E-state index contributed by atoms with van der Waals surface area (Å²) in [5, 5.41) is 0. The molecule has 2 unspecified atom stereocenters. The second-order valence-corrected chi connectivity index (χ2v) is 7.46. The van der Waals surface area contributed by atoms with Crippen molar-refractivity contribution in [1.29, 1.82) is 0 Å². The Morgan fingerprint density at radius 1 is 1.20 bits per heavy atom. The van der Waals surface area contributed by atoms with Gasteiger partial charge >= 0.3 is 0 Å². The molecule has 1 aromatic carbocycles. The van der Waals surface area contributed by atoms with Crippen LogP contribution >= 0.6 is 0 Å². The van der Waals surface area contributed by atoms with Crippen LogP contribution in [0.1, 0.15) is 25.0 Å². The molecule has 2 N–H and O–H groups in total. The van der Waals surface area contributed by atoms with Crippen molar-refractivity contribution < 1.29 is 13.2 Å². The second-order valence-electron chi connectivity index (χ2n) is 5.56. The molecule has 0 aliphatic carbocycles. The molecule has 0 bridgehead atoms. The van der Waals surface area contributed by atoms with Gasteiger partial charge in [0, 0.05) is 18.8 Å². The summed E-state index contributed by atoms with van der Waals surface area (Å²) in [7, 11) is -3.53. The quantitative estimate of drug-likeness (QED) is 0.843. The minimum absolute atomic E-state index is 0.101. The number of benzene rings is 1. The number of aryl methyl sites for hydroxylation is 1. The van der Waals surface area contributed by atoms with Crippen LogP contribution in [0, 0.1) is 13.8 Å². The number of hydrogen-bond acceptors (Lipinski definition) is 4. The van der Waals surface area contributed by atoms with Crippen LogP contribution in [0.4, 0.5) is 5.69 Å². The molecular formula is C14H22N2O3S. The van der Waals surface area contributed by atoms with E-state index in [1.165, 1.54) is 4.31 Å². The van der Waals surface area contributed by atoms with E-state index >= 15 is 0 Å². The molecule has 112 valence electrons. The second kappa shape index (κ2) is 5.35. The molecule has 1 aliphatic heterocycles. The fourth-order valence-corrected chi connectivity index (χ4v) is 4.52. The van der Waals surface area contributed by atoms with Gasteiger partial charge in [-0.1, -0.05) is 0 Å². The molecule has 0 radical (unpaired) electrons. The van der Waals surface area contributed by atoms with E-state index in [1.54, 1.807) is 19.1 Å². The number of sulfonamides is 1. The van der Waals surface area contributed by atoms with Crippen molar-refractivity contribution in [2.45, 2.75) is 44.8 Å². The first-order chi connectivity index (χ1) is 9.21. The zero-order valence-corrected chi connectivity index (χ0v) is 13.2. The van der Waals surface area contributed by atoms with Gasteiger partial charge in [0.25, 0.3) is 0 Å². The lowest BCUT2D eigenvalue weighted by Crippen LogP contribution is -2.48. The fourth-order valence-electron chi connectivity index (χ4n) is 2.59. The molecule has 0 saturated carbocycles. The van der Waals surface area contributed by atoms with Gasteiger partial charge in [0.2, 0.25) is 10.0 Å². The molecule has 6 heteroatoms. The van der Waals surface area contributed by atoms with Crippen LogP contribution in [-0.4, -0.2) is 38.0 Å². The third-order valence-corrected chi connectivity index (χ3v) is 5.51. The predicted octanol–water partition coefficient (Wildman–Crippen LogP) is 1.68. The molecule has 0 amide bonds. The first kappa shape index (κ1) is 15.3. The Balaban J connectivity index is 2.45. The largest absolute Gasteiger partial charge is 0.398 e.